The molecule has 0 N–H and O–H groups in total. The number of esters is 2. The van der Waals surface area contributed by atoms with Crippen LogP contribution in [0.1, 0.15) is 38.5 Å². The molecule has 174 valence electrons. The zero-order valence-electron chi connectivity index (χ0n) is 15.2. The van der Waals surface area contributed by atoms with Gasteiger partial charge in [0.1, 0.15) is 6.10 Å². The Morgan fingerprint density at radius 3 is 2.03 bits per heavy atom. The van der Waals surface area contributed by atoms with Crippen LogP contribution >= 0.6 is 0 Å². The van der Waals surface area contributed by atoms with Crippen molar-refractivity contribution in [3.8, 4) is 0 Å². The molecule has 1 aliphatic carbocycles. The summed E-state index contributed by atoms with van der Waals surface area (Å²) in [4.78, 5) is 23.6. The van der Waals surface area contributed by atoms with Gasteiger partial charge in [-0.25, -0.2) is 18.0 Å². The maximum Gasteiger partial charge on any atom is 0.468 e. The molecule has 0 bridgehead atoms. The molecule has 1 atom stereocenters. The second kappa shape index (κ2) is 9.51. The zero-order valence-corrected chi connectivity index (χ0v) is 16.0. The van der Waals surface area contributed by atoms with E-state index in [0.717, 1.165) is 0 Å². The van der Waals surface area contributed by atoms with Crippen LogP contribution in [0.3, 0.4) is 0 Å². The second-order valence-corrected chi connectivity index (χ2v) is 7.77. The molecule has 15 heteroatoms. The highest BCUT2D eigenvalue weighted by molar-refractivity contribution is 7.86. The van der Waals surface area contributed by atoms with Crippen LogP contribution in [-0.2, 0) is 33.9 Å². The summed E-state index contributed by atoms with van der Waals surface area (Å²) in [6, 6.07) is 0. The molecule has 30 heavy (non-hydrogen) atoms. The Kier molecular flexibility index (Phi) is 8.30. The van der Waals surface area contributed by atoms with Gasteiger partial charge in [0.15, 0.2) is 10.1 Å². The van der Waals surface area contributed by atoms with Gasteiger partial charge >= 0.3 is 29.2 Å². The summed E-state index contributed by atoms with van der Waals surface area (Å²) in [5.41, 5.74) is 0. The summed E-state index contributed by atoms with van der Waals surface area (Å²) in [6.07, 6.45) is -7.14. The summed E-state index contributed by atoms with van der Waals surface area (Å²) in [5.74, 6) is -11.6. The molecule has 0 heterocycles. The monoisotopic (exact) mass is 471 g/mol. The lowest BCUT2D eigenvalue weighted by Gasteiger charge is -2.34. The minimum Gasteiger partial charge on any atom is -0.743 e. The quantitative estimate of drug-likeness (QED) is 0.166. The van der Waals surface area contributed by atoms with Gasteiger partial charge in [0.2, 0.25) is 5.83 Å². The number of rotatable bonds is 9. The van der Waals surface area contributed by atoms with E-state index in [1.807, 2.05) is 0 Å². The lowest BCUT2D eigenvalue weighted by molar-refractivity contribution is -0.357. The molecule has 1 fully saturated rings. The Bertz CT molecular complexity index is 760. The van der Waals surface area contributed by atoms with Gasteiger partial charge in [-0.15, -0.1) is 0 Å². The van der Waals surface area contributed by atoms with Crippen LogP contribution in [0.15, 0.2) is 12.4 Å². The van der Waals surface area contributed by atoms with Gasteiger partial charge in [-0.3, -0.25) is 0 Å². The van der Waals surface area contributed by atoms with Crippen LogP contribution in [0.4, 0.5) is 26.3 Å². The molecule has 0 saturated heterocycles. The van der Waals surface area contributed by atoms with Gasteiger partial charge in [0.25, 0.3) is 0 Å². The van der Waals surface area contributed by atoms with Gasteiger partial charge in [-0.1, -0.05) is 13.0 Å². The van der Waals surface area contributed by atoms with Crippen molar-refractivity contribution in [2.75, 3.05) is 6.61 Å². The molecule has 1 rings (SSSR count). The fraction of sp³-hybridized carbons (Fsp3) is 0.733. The molecule has 0 radical (unpaired) electrons. The lowest BCUT2D eigenvalue weighted by atomic mass is 9.98. The maximum absolute atomic E-state index is 13.6. The highest BCUT2D eigenvalue weighted by Crippen LogP contribution is 2.39. The molecular formula is C15H17F6O8S-. The van der Waals surface area contributed by atoms with Gasteiger partial charge in [0.05, 0.1) is 6.61 Å². The number of alkyl halides is 5. The fourth-order valence-corrected chi connectivity index (χ4v) is 2.76. The van der Waals surface area contributed by atoms with Crippen LogP contribution in [0.5, 0.6) is 0 Å². The Morgan fingerprint density at radius 2 is 1.60 bits per heavy atom. The third-order valence-electron chi connectivity index (χ3n) is 3.99. The van der Waals surface area contributed by atoms with E-state index in [-0.39, 0.29) is 12.8 Å². The van der Waals surface area contributed by atoms with Crippen LogP contribution < -0.4 is 0 Å². The molecule has 0 aromatic carbocycles. The van der Waals surface area contributed by atoms with E-state index in [9.17, 15) is 48.9 Å². The van der Waals surface area contributed by atoms with Crippen molar-refractivity contribution in [1.82, 2.24) is 0 Å². The topological polar surface area (TPSA) is 119 Å². The average Bonchev–Trinajstić information content (AvgIpc) is 2.59. The summed E-state index contributed by atoms with van der Waals surface area (Å²) in [6.45, 7) is 0.488. The maximum atomic E-state index is 13.6. The number of halogens is 6. The predicted molar refractivity (Wildman–Crippen MR) is 83.3 cm³/mol. The Hall–Kier alpha value is -1.87. The zero-order chi connectivity index (χ0) is 23.4. The molecule has 0 spiro atoms. The van der Waals surface area contributed by atoms with Crippen molar-refractivity contribution in [2.24, 2.45) is 0 Å². The smallest absolute Gasteiger partial charge is 0.468 e. The van der Waals surface area contributed by atoms with Gasteiger partial charge in [-0.2, -0.15) is 26.3 Å². The van der Waals surface area contributed by atoms with E-state index in [4.69, 9.17) is 0 Å². The van der Waals surface area contributed by atoms with Crippen LogP contribution in [0.2, 0.25) is 0 Å². The average molecular weight is 471 g/mol. The van der Waals surface area contributed by atoms with Crippen LogP contribution in [-0.4, -0.2) is 54.8 Å². The fourth-order valence-electron chi connectivity index (χ4n) is 2.42. The van der Waals surface area contributed by atoms with Gasteiger partial charge < -0.3 is 18.8 Å². The van der Waals surface area contributed by atoms with Crippen molar-refractivity contribution in [1.29, 1.82) is 0 Å². The lowest BCUT2D eigenvalue weighted by Crippen LogP contribution is -2.59. The standard InChI is InChI=1S/C15H18F6O8S/c1-9(16)11(22)29-14(15(19,20)21,12(23)28-10-5-3-2-4-6-10)27-8-7-13(17,18)30(24,25)26/h10H,1-8H2,(H,24,25,26)/p-1. The molecular weight excluding hydrogens is 454 g/mol. The van der Waals surface area contributed by atoms with E-state index in [2.05, 4.69) is 20.8 Å². The van der Waals surface area contributed by atoms with E-state index in [1.54, 1.807) is 0 Å². The molecule has 0 amide bonds. The molecule has 1 aliphatic rings. The van der Waals surface area contributed by atoms with E-state index in [1.165, 1.54) is 0 Å². The SMILES string of the molecule is C=C(F)C(=O)OC(OCCC(F)(F)S(=O)(=O)[O-])(C(=O)OC1CCCCC1)C(F)(F)F. The minimum atomic E-state index is -6.28. The van der Waals surface area contributed by atoms with Crippen molar-refractivity contribution >= 4 is 22.1 Å². The van der Waals surface area contributed by atoms with Crippen molar-refractivity contribution in [3.63, 3.8) is 0 Å². The van der Waals surface area contributed by atoms with E-state index in [0.29, 0.717) is 19.3 Å². The third-order valence-corrected chi connectivity index (χ3v) is 4.93. The highest BCUT2D eigenvalue weighted by Gasteiger charge is 2.68. The molecule has 1 saturated carbocycles. The first-order valence-corrected chi connectivity index (χ1v) is 9.77. The number of ether oxygens (including phenoxy) is 3. The Morgan fingerprint density at radius 1 is 1.07 bits per heavy atom. The van der Waals surface area contributed by atoms with Crippen molar-refractivity contribution in [3.05, 3.63) is 12.4 Å². The normalized spacial score (nSPS) is 18.4. The second-order valence-electron chi connectivity index (χ2n) is 6.26. The molecule has 1 unspecified atom stereocenters. The van der Waals surface area contributed by atoms with Crippen molar-refractivity contribution < 1.29 is 63.1 Å². The molecule has 0 aromatic heterocycles. The molecule has 0 aromatic rings. The number of hydrogen-bond donors (Lipinski definition) is 0. The summed E-state index contributed by atoms with van der Waals surface area (Å²) in [5, 5.41) is -5.06. The van der Waals surface area contributed by atoms with E-state index >= 15 is 0 Å². The van der Waals surface area contributed by atoms with Gasteiger partial charge in [0, 0.05) is 6.42 Å². The number of carbonyl (C=O) groups excluding carboxylic acids is 2. The van der Waals surface area contributed by atoms with Gasteiger partial charge in [-0.05, 0) is 25.7 Å². The molecule has 8 nitrogen and oxygen atoms in total. The largest absolute Gasteiger partial charge is 0.743 e. The summed E-state index contributed by atoms with van der Waals surface area (Å²) in [7, 11) is -6.28. The third kappa shape index (κ3) is 6.31. The first-order valence-electron chi connectivity index (χ1n) is 8.36. The first-order chi connectivity index (χ1) is 13.5. The van der Waals surface area contributed by atoms with Crippen LogP contribution in [0.25, 0.3) is 0 Å². The summed E-state index contributed by atoms with van der Waals surface area (Å²) >= 11 is 0. The predicted octanol–water partition coefficient (Wildman–Crippen LogP) is 2.69. The number of hydrogen-bond acceptors (Lipinski definition) is 8. The minimum absolute atomic E-state index is 0.149. The molecule has 0 aliphatic heterocycles. The Balaban J connectivity index is 3.20. The van der Waals surface area contributed by atoms with Crippen molar-refractivity contribution in [2.45, 2.75) is 61.8 Å². The number of carbonyl (C=O) groups is 2. The highest BCUT2D eigenvalue weighted by atomic mass is 32.2. The first kappa shape index (κ1) is 26.2. The van der Waals surface area contributed by atoms with Crippen LogP contribution in [0, 0.1) is 0 Å². The van der Waals surface area contributed by atoms with E-state index < -0.39 is 64.2 Å². The summed E-state index contributed by atoms with van der Waals surface area (Å²) < 4.78 is 124. The Labute approximate surface area is 166 Å².